The third-order valence-corrected chi connectivity index (χ3v) is 5.38. The maximum Gasteiger partial charge on any atom is 0.260 e. The molecule has 7 heteroatoms. The molecule has 1 N–H and O–H groups in total. The predicted molar refractivity (Wildman–Crippen MR) is 124 cm³/mol. The zero-order valence-corrected chi connectivity index (χ0v) is 18.0. The highest BCUT2D eigenvalue weighted by Crippen LogP contribution is 2.17. The quantitative estimate of drug-likeness (QED) is 0.649. The molecule has 0 aliphatic carbocycles. The Morgan fingerprint density at radius 3 is 2.31 bits per heavy atom. The number of pyridine rings is 1. The van der Waals surface area contributed by atoms with Crippen molar-refractivity contribution in [1.82, 2.24) is 9.88 Å². The van der Waals surface area contributed by atoms with Crippen LogP contribution in [0.1, 0.15) is 15.9 Å². The number of anilines is 2. The minimum Gasteiger partial charge on any atom is -0.484 e. The second kappa shape index (κ2) is 9.96. The first-order valence-electron chi connectivity index (χ1n) is 10.6. The van der Waals surface area contributed by atoms with Crippen LogP contribution in [0.5, 0.6) is 5.75 Å². The lowest BCUT2D eigenvalue weighted by Gasteiger charge is -2.35. The first-order chi connectivity index (χ1) is 15.6. The van der Waals surface area contributed by atoms with Crippen LogP contribution in [0.15, 0.2) is 72.9 Å². The maximum atomic E-state index is 12.4. The summed E-state index contributed by atoms with van der Waals surface area (Å²) in [6, 6.07) is 20.5. The molecule has 0 bridgehead atoms. The number of rotatable bonds is 6. The van der Waals surface area contributed by atoms with Gasteiger partial charge in [-0.2, -0.15) is 0 Å². The van der Waals surface area contributed by atoms with Crippen LogP contribution >= 0.6 is 0 Å². The van der Waals surface area contributed by atoms with E-state index in [4.69, 9.17) is 4.74 Å². The predicted octanol–water partition coefficient (Wildman–Crippen LogP) is 3.37. The summed E-state index contributed by atoms with van der Waals surface area (Å²) in [5.74, 6) is 1.34. The lowest BCUT2D eigenvalue weighted by atomic mass is 10.1. The van der Waals surface area contributed by atoms with Crippen LogP contribution in [0.4, 0.5) is 11.5 Å². The fraction of sp³-hybridized carbons (Fsp3) is 0.240. The number of carbonyl (C=O) groups is 2. The monoisotopic (exact) mass is 430 g/mol. The van der Waals surface area contributed by atoms with Crippen molar-refractivity contribution in [2.45, 2.75) is 6.92 Å². The van der Waals surface area contributed by atoms with Gasteiger partial charge in [0.25, 0.3) is 11.8 Å². The molecule has 0 spiro atoms. The molecular formula is C25H26N4O3. The van der Waals surface area contributed by atoms with Crippen molar-refractivity contribution < 1.29 is 14.3 Å². The van der Waals surface area contributed by atoms with Gasteiger partial charge >= 0.3 is 0 Å². The fourth-order valence-electron chi connectivity index (χ4n) is 3.49. The number of piperazine rings is 1. The molecule has 0 saturated carbocycles. The Hall–Kier alpha value is -3.87. The molecule has 7 nitrogen and oxygen atoms in total. The number of ether oxygens (including phenoxy) is 1. The van der Waals surface area contributed by atoms with Gasteiger partial charge in [-0.05, 0) is 43.3 Å². The molecule has 32 heavy (non-hydrogen) atoms. The third-order valence-electron chi connectivity index (χ3n) is 5.38. The van der Waals surface area contributed by atoms with Crippen LogP contribution in [0.25, 0.3) is 0 Å². The van der Waals surface area contributed by atoms with E-state index < -0.39 is 0 Å². The molecule has 2 amide bonds. The van der Waals surface area contributed by atoms with Crippen LogP contribution < -0.4 is 15.0 Å². The minimum atomic E-state index is -0.163. The summed E-state index contributed by atoms with van der Waals surface area (Å²) in [6.07, 6.45) is 1.66. The van der Waals surface area contributed by atoms with Crippen LogP contribution in [0.3, 0.4) is 0 Å². The minimum absolute atomic E-state index is 0.0179. The van der Waals surface area contributed by atoms with Crippen molar-refractivity contribution in [3.8, 4) is 5.75 Å². The molecule has 0 radical (unpaired) electrons. The topological polar surface area (TPSA) is 74.8 Å². The summed E-state index contributed by atoms with van der Waals surface area (Å²) in [4.78, 5) is 33.2. The summed E-state index contributed by atoms with van der Waals surface area (Å²) >= 11 is 0. The Morgan fingerprint density at radius 1 is 0.938 bits per heavy atom. The van der Waals surface area contributed by atoms with Gasteiger partial charge in [-0.3, -0.25) is 9.59 Å². The molecule has 1 saturated heterocycles. The molecule has 2 aromatic carbocycles. The van der Waals surface area contributed by atoms with Crippen LogP contribution in [-0.4, -0.2) is 54.5 Å². The number of para-hydroxylation sites is 1. The fourth-order valence-corrected chi connectivity index (χ4v) is 3.49. The largest absolute Gasteiger partial charge is 0.484 e. The van der Waals surface area contributed by atoms with Crippen molar-refractivity contribution in [2.75, 3.05) is 43.0 Å². The molecule has 1 aliphatic rings. The van der Waals surface area contributed by atoms with Crippen LogP contribution in [0.2, 0.25) is 0 Å². The summed E-state index contributed by atoms with van der Waals surface area (Å²) in [5, 5.41) is 2.87. The Kier molecular flexibility index (Phi) is 6.65. The van der Waals surface area contributed by atoms with E-state index in [2.05, 4.69) is 15.2 Å². The van der Waals surface area contributed by atoms with Gasteiger partial charge < -0.3 is 19.9 Å². The number of nitrogens with one attached hydrogen (secondary N) is 1. The number of hydrogen-bond donors (Lipinski definition) is 1. The Labute approximate surface area is 187 Å². The zero-order chi connectivity index (χ0) is 22.3. The van der Waals surface area contributed by atoms with Gasteiger partial charge in [0.1, 0.15) is 11.6 Å². The van der Waals surface area contributed by atoms with Crippen molar-refractivity contribution >= 4 is 23.3 Å². The average molecular weight is 431 g/mol. The second-order valence-electron chi connectivity index (χ2n) is 7.69. The summed E-state index contributed by atoms with van der Waals surface area (Å²) < 4.78 is 5.56. The van der Waals surface area contributed by atoms with Gasteiger partial charge in [0.2, 0.25) is 0 Å². The van der Waals surface area contributed by atoms with Crippen molar-refractivity contribution in [2.24, 2.45) is 0 Å². The van der Waals surface area contributed by atoms with E-state index in [1.807, 2.05) is 66.4 Å². The summed E-state index contributed by atoms with van der Waals surface area (Å²) in [5.41, 5.74) is 2.36. The third kappa shape index (κ3) is 5.43. The van der Waals surface area contributed by atoms with E-state index in [0.29, 0.717) is 43.2 Å². The highest BCUT2D eigenvalue weighted by Gasteiger charge is 2.22. The van der Waals surface area contributed by atoms with E-state index in [1.54, 1.807) is 18.3 Å². The first-order valence-corrected chi connectivity index (χ1v) is 10.6. The number of carbonyl (C=O) groups excluding carboxylic acids is 2. The number of benzene rings is 2. The summed E-state index contributed by atoms with van der Waals surface area (Å²) in [7, 11) is 0. The highest BCUT2D eigenvalue weighted by molar-refractivity contribution is 6.04. The van der Waals surface area contributed by atoms with Gasteiger partial charge in [0.05, 0.1) is 11.9 Å². The molecule has 1 aliphatic heterocycles. The Bertz CT molecular complexity index is 1040. The van der Waals surface area contributed by atoms with Gasteiger partial charge in [-0.1, -0.05) is 35.9 Å². The number of aromatic nitrogens is 1. The maximum absolute atomic E-state index is 12.4. The van der Waals surface area contributed by atoms with Crippen LogP contribution in [0, 0.1) is 6.92 Å². The number of hydrogen-bond acceptors (Lipinski definition) is 5. The van der Waals surface area contributed by atoms with E-state index in [9.17, 15) is 9.59 Å². The first kappa shape index (κ1) is 21.4. The van der Waals surface area contributed by atoms with Crippen molar-refractivity contribution in [1.29, 1.82) is 0 Å². The van der Waals surface area contributed by atoms with E-state index in [-0.39, 0.29) is 18.4 Å². The molecule has 0 atom stereocenters. The van der Waals surface area contributed by atoms with Gasteiger partial charge in [-0.25, -0.2) is 4.98 Å². The van der Waals surface area contributed by atoms with E-state index in [0.717, 1.165) is 11.4 Å². The Morgan fingerprint density at radius 2 is 1.66 bits per heavy atom. The molecule has 0 unspecified atom stereocenters. The second-order valence-corrected chi connectivity index (χ2v) is 7.69. The SMILES string of the molecule is Cc1ccc(C(=O)Nc2ccc(N3CCN(C(=O)COc4ccccc4)CC3)nc2)cc1. The molecular weight excluding hydrogens is 404 g/mol. The van der Waals surface area contributed by atoms with Gasteiger partial charge in [0.15, 0.2) is 6.61 Å². The molecule has 4 rings (SSSR count). The standard InChI is InChI=1S/C25H26N4O3/c1-19-7-9-20(10-8-19)25(31)27-21-11-12-23(26-17-21)28-13-15-29(16-14-28)24(30)18-32-22-5-3-2-4-6-22/h2-12,17H,13-16,18H2,1H3,(H,27,31). The molecule has 164 valence electrons. The van der Waals surface area contributed by atoms with E-state index in [1.165, 1.54) is 0 Å². The Balaban J connectivity index is 1.26. The number of aryl methyl sites for hydroxylation is 1. The van der Waals surface area contributed by atoms with Gasteiger partial charge in [-0.15, -0.1) is 0 Å². The molecule has 3 aromatic rings. The van der Waals surface area contributed by atoms with E-state index >= 15 is 0 Å². The molecule has 2 heterocycles. The van der Waals surface area contributed by atoms with Crippen molar-refractivity contribution in [3.63, 3.8) is 0 Å². The zero-order valence-electron chi connectivity index (χ0n) is 18.0. The van der Waals surface area contributed by atoms with Crippen LogP contribution in [-0.2, 0) is 4.79 Å². The summed E-state index contributed by atoms with van der Waals surface area (Å²) in [6.45, 7) is 4.64. The van der Waals surface area contributed by atoms with Gasteiger partial charge in [0, 0.05) is 31.7 Å². The number of nitrogens with zero attached hydrogens (tertiary/aromatic N) is 3. The number of amides is 2. The average Bonchev–Trinajstić information content (AvgIpc) is 2.84. The normalized spacial score (nSPS) is 13.5. The smallest absolute Gasteiger partial charge is 0.260 e. The highest BCUT2D eigenvalue weighted by atomic mass is 16.5. The lowest BCUT2D eigenvalue weighted by Crippen LogP contribution is -2.50. The van der Waals surface area contributed by atoms with Crippen molar-refractivity contribution in [3.05, 3.63) is 84.1 Å². The lowest BCUT2D eigenvalue weighted by molar-refractivity contribution is -0.133. The molecule has 1 fully saturated rings. The molecule has 1 aromatic heterocycles.